The SMILES string of the molecule is CCN(C)C1CCCC1(C)O. The van der Waals surface area contributed by atoms with Gasteiger partial charge in [-0.1, -0.05) is 6.92 Å². The van der Waals surface area contributed by atoms with Crippen LogP contribution < -0.4 is 0 Å². The van der Waals surface area contributed by atoms with Crippen LogP contribution in [-0.4, -0.2) is 35.2 Å². The Labute approximate surface area is 69.2 Å². The molecule has 1 rings (SSSR count). The molecule has 0 aromatic heterocycles. The Bertz CT molecular complexity index is 134. The minimum absolute atomic E-state index is 0.382. The maximum absolute atomic E-state index is 9.91. The molecule has 1 N–H and O–H groups in total. The number of hydrogen-bond acceptors (Lipinski definition) is 2. The van der Waals surface area contributed by atoms with Crippen molar-refractivity contribution in [3.05, 3.63) is 0 Å². The third kappa shape index (κ3) is 1.74. The highest BCUT2D eigenvalue weighted by Crippen LogP contribution is 2.32. The van der Waals surface area contributed by atoms with Crippen molar-refractivity contribution in [3.63, 3.8) is 0 Å². The molecule has 0 aliphatic heterocycles. The van der Waals surface area contributed by atoms with E-state index in [1.165, 1.54) is 6.42 Å². The van der Waals surface area contributed by atoms with Gasteiger partial charge in [-0.15, -0.1) is 0 Å². The lowest BCUT2D eigenvalue weighted by atomic mass is 9.99. The Hall–Kier alpha value is -0.0800. The van der Waals surface area contributed by atoms with E-state index in [4.69, 9.17) is 0 Å². The molecule has 0 saturated heterocycles. The molecular formula is C9H19NO. The summed E-state index contributed by atoms with van der Waals surface area (Å²) in [7, 11) is 2.09. The number of likely N-dealkylation sites (N-methyl/N-ethyl adjacent to an activating group) is 1. The smallest absolute Gasteiger partial charge is 0.0774 e. The molecule has 2 atom stereocenters. The van der Waals surface area contributed by atoms with Crippen LogP contribution in [0.15, 0.2) is 0 Å². The monoisotopic (exact) mass is 157 g/mol. The molecule has 1 fully saturated rings. The molecule has 0 aromatic carbocycles. The molecule has 0 amide bonds. The number of nitrogens with zero attached hydrogens (tertiary/aromatic N) is 1. The molecule has 0 heterocycles. The number of hydrogen-bond donors (Lipinski definition) is 1. The van der Waals surface area contributed by atoms with Gasteiger partial charge < -0.3 is 10.0 Å². The molecule has 1 aliphatic rings. The summed E-state index contributed by atoms with van der Waals surface area (Å²) >= 11 is 0. The van der Waals surface area contributed by atoms with Gasteiger partial charge >= 0.3 is 0 Å². The zero-order chi connectivity index (χ0) is 8.48. The van der Waals surface area contributed by atoms with Crippen LogP contribution in [0.25, 0.3) is 0 Å². The summed E-state index contributed by atoms with van der Waals surface area (Å²) in [5.74, 6) is 0. The third-order valence-electron chi connectivity index (χ3n) is 2.91. The van der Waals surface area contributed by atoms with Crippen molar-refractivity contribution >= 4 is 0 Å². The number of rotatable bonds is 2. The van der Waals surface area contributed by atoms with Gasteiger partial charge in [-0.25, -0.2) is 0 Å². The van der Waals surface area contributed by atoms with Crippen molar-refractivity contribution in [2.45, 2.75) is 44.8 Å². The van der Waals surface area contributed by atoms with Gasteiger partial charge in [-0.3, -0.25) is 0 Å². The summed E-state index contributed by atoms with van der Waals surface area (Å²) in [6.07, 6.45) is 3.28. The summed E-state index contributed by atoms with van der Waals surface area (Å²) in [6.45, 7) is 5.12. The second kappa shape index (κ2) is 3.11. The summed E-state index contributed by atoms with van der Waals surface area (Å²) < 4.78 is 0. The normalized spacial score (nSPS) is 38.5. The van der Waals surface area contributed by atoms with E-state index in [1.807, 2.05) is 6.92 Å². The topological polar surface area (TPSA) is 23.5 Å². The van der Waals surface area contributed by atoms with Crippen molar-refractivity contribution in [3.8, 4) is 0 Å². The summed E-state index contributed by atoms with van der Waals surface area (Å²) in [4.78, 5) is 2.24. The van der Waals surface area contributed by atoms with Crippen LogP contribution in [-0.2, 0) is 0 Å². The fourth-order valence-electron chi connectivity index (χ4n) is 2.05. The third-order valence-corrected chi connectivity index (χ3v) is 2.91. The first kappa shape index (κ1) is 9.01. The fourth-order valence-corrected chi connectivity index (χ4v) is 2.05. The Kier molecular flexibility index (Phi) is 2.55. The van der Waals surface area contributed by atoms with Gasteiger partial charge in [0.2, 0.25) is 0 Å². The molecule has 0 bridgehead atoms. The lowest BCUT2D eigenvalue weighted by Crippen LogP contribution is -2.45. The minimum Gasteiger partial charge on any atom is -0.389 e. The van der Waals surface area contributed by atoms with Crippen LogP contribution in [0.1, 0.15) is 33.1 Å². The van der Waals surface area contributed by atoms with Crippen LogP contribution in [0.3, 0.4) is 0 Å². The first-order valence-corrected chi connectivity index (χ1v) is 4.50. The van der Waals surface area contributed by atoms with Crippen LogP contribution in [0, 0.1) is 0 Å². The van der Waals surface area contributed by atoms with Crippen LogP contribution in [0.2, 0.25) is 0 Å². The molecule has 2 nitrogen and oxygen atoms in total. The van der Waals surface area contributed by atoms with Gasteiger partial charge in [0.25, 0.3) is 0 Å². The molecule has 2 heteroatoms. The van der Waals surface area contributed by atoms with E-state index in [2.05, 4.69) is 18.9 Å². The van der Waals surface area contributed by atoms with Gasteiger partial charge in [-0.05, 0) is 39.8 Å². The maximum Gasteiger partial charge on any atom is 0.0774 e. The molecule has 0 radical (unpaired) electrons. The highest BCUT2D eigenvalue weighted by Gasteiger charge is 2.38. The van der Waals surface area contributed by atoms with Crippen molar-refractivity contribution in [1.29, 1.82) is 0 Å². The average molecular weight is 157 g/mol. The van der Waals surface area contributed by atoms with Crippen molar-refractivity contribution < 1.29 is 5.11 Å². The quantitative estimate of drug-likeness (QED) is 0.652. The zero-order valence-electron chi connectivity index (χ0n) is 7.80. The van der Waals surface area contributed by atoms with E-state index >= 15 is 0 Å². The highest BCUT2D eigenvalue weighted by molar-refractivity contribution is 4.93. The van der Waals surface area contributed by atoms with Crippen molar-refractivity contribution in [2.75, 3.05) is 13.6 Å². The van der Waals surface area contributed by atoms with Crippen LogP contribution >= 0.6 is 0 Å². The number of aliphatic hydroxyl groups is 1. The molecule has 0 aromatic rings. The first-order valence-electron chi connectivity index (χ1n) is 4.50. The van der Waals surface area contributed by atoms with Gasteiger partial charge in [0.15, 0.2) is 0 Å². The van der Waals surface area contributed by atoms with E-state index in [0.717, 1.165) is 19.4 Å². The van der Waals surface area contributed by atoms with E-state index in [9.17, 15) is 5.11 Å². The van der Waals surface area contributed by atoms with E-state index in [0.29, 0.717) is 6.04 Å². The van der Waals surface area contributed by atoms with E-state index in [-0.39, 0.29) is 0 Å². The Morgan fingerprint density at radius 2 is 2.27 bits per heavy atom. The predicted octanol–water partition coefficient (Wildman–Crippen LogP) is 1.24. The zero-order valence-corrected chi connectivity index (χ0v) is 7.80. The van der Waals surface area contributed by atoms with Crippen LogP contribution in [0.4, 0.5) is 0 Å². The van der Waals surface area contributed by atoms with Gasteiger partial charge in [0.05, 0.1) is 5.60 Å². The standard InChI is InChI=1S/C9H19NO/c1-4-10(3)8-6-5-7-9(8,2)11/h8,11H,4-7H2,1-3H3. The fraction of sp³-hybridized carbons (Fsp3) is 1.00. The summed E-state index contributed by atoms with van der Waals surface area (Å²) in [5, 5.41) is 9.91. The Balaban J connectivity index is 2.57. The lowest BCUT2D eigenvalue weighted by Gasteiger charge is -2.32. The van der Waals surface area contributed by atoms with Crippen molar-refractivity contribution in [2.24, 2.45) is 0 Å². The molecule has 0 spiro atoms. The van der Waals surface area contributed by atoms with E-state index in [1.54, 1.807) is 0 Å². The second-order valence-corrected chi connectivity index (χ2v) is 3.84. The van der Waals surface area contributed by atoms with Crippen LogP contribution in [0.5, 0.6) is 0 Å². The van der Waals surface area contributed by atoms with Gasteiger partial charge in [-0.2, -0.15) is 0 Å². The molecule has 11 heavy (non-hydrogen) atoms. The Morgan fingerprint density at radius 3 is 2.64 bits per heavy atom. The van der Waals surface area contributed by atoms with E-state index < -0.39 is 5.60 Å². The first-order chi connectivity index (χ1) is 5.08. The molecule has 1 saturated carbocycles. The van der Waals surface area contributed by atoms with Gasteiger partial charge in [0.1, 0.15) is 0 Å². The largest absolute Gasteiger partial charge is 0.389 e. The molecule has 66 valence electrons. The predicted molar refractivity (Wildman–Crippen MR) is 46.6 cm³/mol. The lowest BCUT2D eigenvalue weighted by molar-refractivity contribution is -0.00235. The second-order valence-electron chi connectivity index (χ2n) is 3.84. The maximum atomic E-state index is 9.91. The Morgan fingerprint density at radius 1 is 1.64 bits per heavy atom. The van der Waals surface area contributed by atoms with Crippen molar-refractivity contribution in [1.82, 2.24) is 4.90 Å². The highest BCUT2D eigenvalue weighted by atomic mass is 16.3. The molecular weight excluding hydrogens is 138 g/mol. The molecule has 1 aliphatic carbocycles. The molecule has 2 unspecified atom stereocenters. The summed E-state index contributed by atoms with van der Waals surface area (Å²) in [5.41, 5.74) is -0.440. The minimum atomic E-state index is -0.440. The summed E-state index contributed by atoms with van der Waals surface area (Å²) in [6, 6.07) is 0.382. The van der Waals surface area contributed by atoms with Gasteiger partial charge in [0, 0.05) is 6.04 Å². The average Bonchev–Trinajstić information content (AvgIpc) is 2.28.